The van der Waals surface area contributed by atoms with Gasteiger partial charge in [0.15, 0.2) is 5.96 Å². The molecule has 1 rings (SSSR count). The summed E-state index contributed by atoms with van der Waals surface area (Å²) in [5.41, 5.74) is 0. The van der Waals surface area contributed by atoms with Gasteiger partial charge in [0.05, 0.1) is 5.92 Å². The lowest BCUT2D eigenvalue weighted by atomic mass is 9.85. The normalized spacial score (nSPS) is 22.9. The molecule has 132 valence electrons. The summed E-state index contributed by atoms with van der Waals surface area (Å²) in [5, 5.41) is 6.28. The Bertz CT molecular complexity index is 327. The van der Waals surface area contributed by atoms with Gasteiger partial charge < -0.3 is 10.6 Å². The topological polar surface area (TPSA) is 36.4 Å². The average Bonchev–Trinajstić information content (AvgIpc) is 2.43. The number of rotatable bonds is 6. The van der Waals surface area contributed by atoms with Crippen molar-refractivity contribution in [1.82, 2.24) is 10.6 Å². The summed E-state index contributed by atoms with van der Waals surface area (Å²) in [6.07, 6.45) is 0.756. The summed E-state index contributed by atoms with van der Waals surface area (Å²) in [7, 11) is 0. The van der Waals surface area contributed by atoms with E-state index < -0.39 is 12.1 Å². The van der Waals surface area contributed by atoms with Crippen molar-refractivity contribution in [3.63, 3.8) is 0 Å². The molecule has 1 saturated carbocycles. The lowest BCUT2D eigenvalue weighted by Crippen LogP contribution is -2.46. The first-order valence-corrected chi connectivity index (χ1v) is 8.97. The number of aliphatic imine (C=N–C) groups is 1. The largest absolute Gasteiger partial charge is 0.391 e. The van der Waals surface area contributed by atoms with Crippen molar-refractivity contribution in [3.05, 3.63) is 0 Å². The van der Waals surface area contributed by atoms with Crippen LogP contribution in [-0.4, -0.2) is 43.3 Å². The Kier molecular flexibility index (Phi) is 11.7. The summed E-state index contributed by atoms with van der Waals surface area (Å²) >= 11 is 1.77. The minimum Gasteiger partial charge on any atom is -0.357 e. The van der Waals surface area contributed by atoms with E-state index in [9.17, 15) is 13.2 Å². The van der Waals surface area contributed by atoms with Crippen LogP contribution >= 0.6 is 35.7 Å². The molecule has 22 heavy (non-hydrogen) atoms. The van der Waals surface area contributed by atoms with Gasteiger partial charge in [0.1, 0.15) is 0 Å². The SMILES string of the molecule is CCNC(=NCCCSC)NC1CCCC(C(F)(F)F)C1.I. The van der Waals surface area contributed by atoms with Crippen LogP contribution in [0.5, 0.6) is 0 Å². The molecule has 0 heterocycles. The third kappa shape index (κ3) is 8.69. The molecule has 1 aliphatic rings. The van der Waals surface area contributed by atoms with E-state index in [0.29, 0.717) is 25.5 Å². The monoisotopic (exact) mass is 453 g/mol. The second kappa shape index (κ2) is 11.6. The third-order valence-electron chi connectivity index (χ3n) is 3.60. The van der Waals surface area contributed by atoms with Gasteiger partial charge in [0.25, 0.3) is 0 Å². The molecule has 2 unspecified atom stereocenters. The van der Waals surface area contributed by atoms with Crippen LogP contribution in [0, 0.1) is 5.92 Å². The number of nitrogens with zero attached hydrogens (tertiary/aromatic N) is 1. The Labute approximate surface area is 152 Å². The first-order chi connectivity index (χ1) is 9.97. The molecule has 0 bridgehead atoms. The Balaban J connectivity index is 0.00000441. The van der Waals surface area contributed by atoms with E-state index >= 15 is 0 Å². The Morgan fingerprint density at radius 3 is 2.64 bits per heavy atom. The van der Waals surface area contributed by atoms with Crippen molar-refractivity contribution in [2.45, 2.75) is 51.2 Å². The Hall–Kier alpha value is 0.140. The fraction of sp³-hybridized carbons (Fsp3) is 0.929. The van der Waals surface area contributed by atoms with Crippen LogP contribution < -0.4 is 10.6 Å². The average molecular weight is 453 g/mol. The molecule has 0 aromatic heterocycles. The molecule has 0 aromatic carbocycles. The van der Waals surface area contributed by atoms with Gasteiger partial charge in [0.2, 0.25) is 0 Å². The van der Waals surface area contributed by atoms with Gasteiger partial charge in [-0.1, -0.05) is 6.42 Å². The maximum atomic E-state index is 12.8. The second-order valence-corrected chi connectivity index (χ2v) is 6.34. The van der Waals surface area contributed by atoms with Gasteiger partial charge in [-0.3, -0.25) is 4.99 Å². The summed E-state index contributed by atoms with van der Waals surface area (Å²) in [4.78, 5) is 4.43. The number of halogens is 4. The molecule has 0 saturated heterocycles. The van der Waals surface area contributed by atoms with Gasteiger partial charge in [-0.15, -0.1) is 24.0 Å². The second-order valence-electron chi connectivity index (χ2n) is 5.35. The van der Waals surface area contributed by atoms with Gasteiger partial charge in [-0.2, -0.15) is 24.9 Å². The molecule has 2 N–H and O–H groups in total. The molecule has 1 aliphatic carbocycles. The highest BCUT2D eigenvalue weighted by molar-refractivity contribution is 14.0. The third-order valence-corrected chi connectivity index (χ3v) is 4.30. The van der Waals surface area contributed by atoms with Crippen molar-refractivity contribution >= 4 is 41.7 Å². The first-order valence-electron chi connectivity index (χ1n) is 7.57. The standard InChI is InChI=1S/C14H26F3N3S.HI/c1-3-18-13(19-8-5-9-21-2)20-12-7-4-6-11(10-12)14(15,16)17;/h11-12H,3-10H2,1-2H3,(H2,18,19,20);1H. The molecule has 1 fully saturated rings. The van der Waals surface area contributed by atoms with E-state index in [-0.39, 0.29) is 42.9 Å². The van der Waals surface area contributed by atoms with Crippen LogP contribution in [0.4, 0.5) is 13.2 Å². The lowest BCUT2D eigenvalue weighted by Gasteiger charge is -2.31. The molecule has 3 nitrogen and oxygen atoms in total. The number of alkyl halides is 3. The van der Waals surface area contributed by atoms with Crippen molar-refractivity contribution < 1.29 is 13.2 Å². The molecule has 0 radical (unpaired) electrons. The predicted octanol–water partition coefficient (Wildman–Crippen LogP) is 4.03. The van der Waals surface area contributed by atoms with Crippen LogP contribution in [0.3, 0.4) is 0 Å². The predicted molar refractivity (Wildman–Crippen MR) is 99.3 cm³/mol. The molecule has 0 aromatic rings. The van der Waals surface area contributed by atoms with Crippen molar-refractivity contribution in [2.75, 3.05) is 25.1 Å². The molecule has 8 heteroatoms. The number of hydrogen-bond acceptors (Lipinski definition) is 2. The van der Waals surface area contributed by atoms with Gasteiger partial charge >= 0.3 is 6.18 Å². The van der Waals surface area contributed by atoms with Crippen LogP contribution in [-0.2, 0) is 0 Å². The number of nitrogens with one attached hydrogen (secondary N) is 2. The highest BCUT2D eigenvalue weighted by Gasteiger charge is 2.42. The van der Waals surface area contributed by atoms with Crippen LogP contribution in [0.25, 0.3) is 0 Å². The van der Waals surface area contributed by atoms with Crippen LogP contribution in [0.1, 0.15) is 39.0 Å². The highest BCUT2D eigenvalue weighted by atomic mass is 127. The molecular weight excluding hydrogens is 426 g/mol. The lowest BCUT2D eigenvalue weighted by molar-refractivity contribution is -0.183. The van der Waals surface area contributed by atoms with E-state index in [4.69, 9.17) is 0 Å². The number of hydrogen-bond donors (Lipinski definition) is 2. The van der Waals surface area contributed by atoms with Crippen molar-refractivity contribution in [2.24, 2.45) is 10.9 Å². The van der Waals surface area contributed by atoms with E-state index in [1.54, 1.807) is 11.8 Å². The van der Waals surface area contributed by atoms with Crippen LogP contribution in [0.2, 0.25) is 0 Å². The van der Waals surface area contributed by atoms with Crippen molar-refractivity contribution in [1.29, 1.82) is 0 Å². The number of thioether (sulfide) groups is 1. The van der Waals surface area contributed by atoms with Gasteiger partial charge in [0, 0.05) is 19.1 Å². The molecule has 2 atom stereocenters. The quantitative estimate of drug-likeness (QED) is 0.276. The molecular formula is C14H27F3IN3S. The maximum absolute atomic E-state index is 12.8. The summed E-state index contributed by atoms with van der Waals surface area (Å²) in [6, 6.07) is -0.135. The van der Waals surface area contributed by atoms with Gasteiger partial charge in [-0.25, -0.2) is 0 Å². The zero-order valence-electron chi connectivity index (χ0n) is 13.2. The molecule has 0 aliphatic heterocycles. The van der Waals surface area contributed by atoms with Crippen molar-refractivity contribution in [3.8, 4) is 0 Å². The fourth-order valence-electron chi connectivity index (χ4n) is 2.53. The van der Waals surface area contributed by atoms with E-state index in [0.717, 1.165) is 18.6 Å². The summed E-state index contributed by atoms with van der Waals surface area (Å²) < 4.78 is 38.4. The highest BCUT2D eigenvalue weighted by Crippen LogP contribution is 2.37. The molecule has 0 amide bonds. The van der Waals surface area contributed by atoms with E-state index in [2.05, 4.69) is 15.6 Å². The fourth-order valence-corrected chi connectivity index (χ4v) is 2.95. The van der Waals surface area contributed by atoms with Crippen LogP contribution in [0.15, 0.2) is 4.99 Å². The number of guanidine groups is 1. The van der Waals surface area contributed by atoms with E-state index in [1.165, 1.54) is 0 Å². The molecule has 0 spiro atoms. The minimum absolute atomic E-state index is 0. The summed E-state index contributed by atoms with van der Waals surface area (Å²) in [5.74, 6) is 0.511. The van der Waals surface area contributed by atoms with Gasteiger partial charge in [-0.05, 0) is 44.6 Å². The zero-order valence-corrected chi connectivity index (χ0v) is 16.4. The Morgan fingerprint density at radius 2 is 2.05 bits per heavy atom. The Morgan fingerprint density at radius 1 is 1.32 bits per heavy atom. The van der Waals surface area contributed by atoms with E-state index in [1.807, 2.05) is 13.2 Å². The minimum atomic E-state index is -4.08. The first kappa shape index (κ1) is 22.1. The smallest absolute Gasteiger partial charge is 0.357 e. The maximum Gasteiger partial charge on any atom is 0.391 e. The summed E-state index contributed by atoms with van der Waals surface area (Å²) in [6.45, 7) is 3.37. The zero-order chi connectivity index (χ0) is 15.7.